The van der Waals surface area contributed by atoms with Gasteiger partial charge in [-0.05, 0) is 37.1 Å². The molecule has 1 unspecified atom stereocenters. The normalized spacial score (nSPS) is 17.6. The lowest BCUT2D eigenvalue weighted by molar-refractivity contribution is -0.126. The number of halogens is 1. The van der Waals surface area contributed by atoms with Gasteiger partial charge in [-0.25, -0.2) is 12.8 Å². The number of rotatable bonds is 6. The number of furan rings is 1. The van der Waals surface area contributed by atoms with E-state index in [-0.39, 0.29) is 36.4 Å². The summed E-state index contributed by atoms with van der Waals surface area (Å²) < 4.78 is 45.3. The Hall–Kier alpha value is -2.23. The minimum atomic E-state index is -3.92. The van der Waals surface area contributed by atoms with Gasteiger partial charge in [0, 0.05) is 19.0 Å². The van der Waals surface area contributed by atoms with Gasteiger partial charge in [-0.2, -0.15) is 4.31 Å². The lowest BCUT2D eigenvalue weighted by Gasteiger charge is -2.30. The summed E-state index contributed by atoms with van der Waals surface area (Å²) in [6, 6.07) is 8.51. The number of hydrogen-bond donors (Lipinski definition) is 2. The molecule has 2 heterocycles. The largest absolute Gasteiger partial charge is 0.467 e. The van der Waals surface area contributed by atoms with Gasteiger partial charge >= 0.3 is 0 Å². The van der Waals surface area contributed by atoms with E-state index in [9.17, 15) is 22.7 Å². The first-order valence-corrected chi connectivity index (χ1v) is 10.1. The second kappa shape index (κ2) is 8.20. The van der Waals surface area contributed by atoms with E-state index in [2.05, 4.69) is 5.32 Å². The van der Waals surface area contributed by atoms with Crippen molar-refractivity contribution in [2.45, 2.75) is 23.8 Å². The van der Waals surface area contributed by atoms with Gasteiger partial charge in [0.05, 0.1) is 12.8 Å². The number of aliphatic hydroxyl groups excluding tert-OH is 1. The number of carbonyl (C=O) groups is 1. The fourth-order valence-corrected chi connectivity index (χ4v) is 4.61. The number of carbonyl (C=O) groups excluding carboxylic acids is 1. The molecule has 27 heavy (non-hydrogen) atoms. The molecule has 146 valence electrons. The first kappa shape index (κ1) is 19.5. The highest BCUT2D eigenvalue weighted by Crippen LogP contribution is 2.25. The Kier molecular flexibility index (Phi) is 5.93. The van der Waals surface area contributed by atoms with Crippen molar-refractivity contribution in [1.29, 1.82) is 0 Å². The summed E-state index contributed by atoms with van der Waals surface area (Å²) in [5, 5.41) is 12.6. The standard InChI is InChI=1S/C18H21FN2O5S/c19-14-4-1-2-6-17(14)27(24,25)21-9-7-13(8-10-21)18(23)20-12-15(22)16-5-3-11-26-16/h1-6,11,13,15,22H,7-10,12H2,(H,20,23). The van der Waals surface area contributed by atoms with Crippen LogP contribution in [0.15, 0.2) is 52.0 Å². The van der Waals surface area contributed by atoms with Gasteiger partial charge in [0.15, 0.2) is 0 Å². The Balaban J connectivity index is 1.54. The molecular formula is C18H21FN2O5S. The highest BCUT2D eigenvalue weighted by atomic mass is 32.2. The highest BCUT2D eigenvalue weighted by Gasteiger charge is 2.33. The Morgan fingerprint density at radius 1 is 1.26 bits per heavy atom. The van der Waals surface area contributed by atoms with Crippen molar-refractivity contribution >= 4 is 15.9 Å². The Morgan fingerprint density at radius 3 is 2.59 bits per heavy atom. The van der Waals surface area contributed by atoms with Crippen molar-refractivity contribution in [2.75, 3.05) is 19.6 Å². The van der Waals surface area contributed by atoms with Crippen LogP contribution in [0.4, 0.5) is 4.39 Å². The number of sulfonamides is 1. The van der Waals surface area contributed by atoms with Crippen LogP contribution in [0.2, 0.25) is 0 Å². The van der Waals surface area contributed by atoms with Gasteiger partial charge in [-0.15, -0.1) is 0 Å². The maximum Gasteiger partial charge on any atom is 0.245 e. The topological polar surface area (TPSA) is 99.8 Å². The van der Waals surface area contributed by atoms with E-state index in [4.69, 9.17) is 4.42 Å². The third kappa shape index (κ3) is 4.37. The van der Waals surface area contributed by atoms with Crippen molar-refractivity contribution in [3.63, 3.8) is 0 Å². The first-order chi connectivity index (χ1) is 12.9. The van der Waals surface area contributed by atoms with Crippen LogP contribution in [0.5, 0.6) is 0 Å². The van der Waals surface area contributed by atoms with Crippen molar-refractivity contribution in [2.24, 2.45) is 5.92 Å². The van der Waals surface area contributed by atoms with Gasteiger partial charge in [0.1, 0.15) is 22.6 Å². The van der Waals surface area contributed by atoms with Crippen LogP contribution < -0.4 is 5.32 Å². The molecule has 1 amide bonds. The maximum absolute atomic E-state index is 13.8. The number of nitrogens with zero attached hydrogens (tertiary/aromatic N) is 1. The predicted molar refractivity (Wildman–Crippen MR) is 94.6 cm³/mol. The van der Waals surface area contributed by atoms with E-state index < -0.39 is 21.9 Å². The Morgan fingerprint density at radius 2 is 1.96 bits per heavy atom. The molecule has 1 aliphatic heterocycles. The molecule has 1 aliphatic rings. The minimum absolute atomic E-state index is 0.0140. The molecule has 1 aromatic carbocycles. The zero-order valence-electron chi connectivity index (χ0n) is 14.5. The molecule has 0 radical (unpaired) electrons. The van der Waals surface area contributed by atoms with Gasteiger partial charge in [-0.3, -0.25) is 4.79 Å². The number of aliphatic hydroxyl groups is 1. The molecule has 1 aromatic heterocycles. The molecule has 0 aliphatic carbocycles. The average molecular weight is 396 g/mol. The van der Waals surface area contributed by atoms with Crippen LogP contribution in [-0.2, 0) is 14.8 Å². The zero-order chi connectivity index (χ0) is 19.4. The average Bonchev–Trinajstić information content (AvgIpc) is 3.21. The van der Waals surface area contributed by atoms with Crippen LogP contribution in [0.25, 0.3) is 0 Å². The number of nitrogens with one attached hydrogen (secondary N) is 1. The van der Waals surface area contributed by atoms with Crippen molar-refractivity contribution < 1.29 is 27.1 Å². The van der Waals surface area contributed by atoms with Gasteiger partial charge in [-0.1, -0.05) is 12.1 Å². The molecule has 0 bridgehead atoms. The van der Waals surface area contributed by atoms with Crippen molar-refractivity contribution in [1.82, 2.24) is 9.62 Å². The van der Waals surface area contributed by atoms with Gasteiger partial charge in [0.25, 0.3) is 0 Å². The molecule has 1 fully saturated rings. The maximum atomic E-state index is 13.8. The van der Waals surface area contributed by atoms with E-state index in [1.807, 2.05) is 0 Å². The van der Waals surface area contributed by atoms with Crippen molar-refractivity contribution in [3.05, 3.63) is 54.2 Å². The Bertz CT molecular complexity index is 877. The van der Waals surface area contributed by atoms with E-state index in [0.717, 1.165) is 6.07 Å². The monoisotopic (exact) mass is 396 g/mol. The molecule has 3 rings (SSSR count). The first-order valence-electron chi connectivity index (χ1n) is 8.63. The van der Waals surface area contributed by atoms with Crippen LogP contribution >= 0.6 is 0 Å². The van der Waals surface area contributed by atoms with E-state index >= 15 is 0 Å². The number of piperidine rings is 1. The fraction of sp³-hybridized carbons (Fsp3) is 0.389. The van der Waals surface area contributed by atoms with Crippen LogP contribution in [-0.4, -0.2) is 43.4 Å². The summed E-state index contributed by atoms with van der Waals surface area (Å²) in [5.74, 6) is -1.03. The van der Waals surface area contributed by atoms with Crippen molar-refractivity contribution in [3.8, 4) is 0 Å². The summed E-state index contributed by atoms with van der Waals surface area (Å²) >= 11 is 0. The number of hydrogen-bond acceptors (Lipinski definition) is 5. The predicted octanol–water partition coefficient (Wildman–Crippen LogP) is 1.67. The molecule has 2 aromatic rings. The lowest BCUT2D eigenvalue weighted by Crippen LogP contribution is -2.43. The molecule has 9 heteroatoms. The fourth-order valence-electron chi connectivity index (χ4n) is 3.07. The molecule has 0 spiro atoms. The van der Waals surface area contributed by atoms with Crippen LogP contribution in [0.3, 0.4) is 0 Å². The van der Waals surface area contributed by atoms with E-state index in [0.29, 0.717) is 18.6 Å². The smallest absolute Gasteiger partial charge is 0.245 e. The van der Waals surface area contributed by atoms with E-state index in [1.165, 1.54) is 28.8 Å². The summed E-state index contributed by atoms with van der Waals surface area (Å²) in [6.45, 7) is 0.283. The second-order valence-electron chi connectivity index (χ2n) is 6.39. The second-order valence-corrected chi connectivity index (χ2v) is 8.29. The number of amides is 1. The van der Waals surface area contributed by atoms with E-state index in [1.54, 1.807) is 12.1 Å². The summed E-state index contributed by atoms with van der Waals surface area (Å²) in [7, 11) is -3.92. The van der Waals surface area contributed by atoms with Crippen LogP contribution in [0, 0.1) is 11.7 Å². The lowest BCUT2D eigenvalue weighted by atomic mass is 9.97. The molecule has 0 saturated carbocycles. The molecule has 7 nitrogen and oxygen atoms in total. The summed E-state index contributed by atoms with van der Waals surface area (Å²) in [4.78, 5) is 11.9. The number of benzene rings is 1. The third-order valence-corrected chi connectivity index (χ3v) is 6.55. The molecule has 1 atom stereocenters. The summed E-state index contributed by atoms with van der Waals surface area (Å²) in [6.07, 6.45) is 1.16. The summed E-state index contributed by atoms with van der Waals surface area (Å²) in [5.41, 5.74) is 0. The Labute approximate surface area is 156 Å². The third-order valence-electron chi connectivity index (χ3n) is 4.62. The van der Waals surface area contributed by atoms with Gasteiger partial charge in [0.2, 0.25) is 15.9 Å². The SMILES string of the molecule is O=C(NCC(O)c1ccco1)C1CCN(S(=O)(=O)c2ccccc2F)CC1. The highest BCUT2D eigenvalue weighted by molar-refractivity contribution is 7.89. The molecular weight excluding hydrogens is 375 g/mol. The zero-order valence-corrected chi connectivity index (χ0v) is 15.4. The molecule has 2 N–H and O–H groups in total. The van der Waals surface area contributed by atoms with Crippen LogP contribution in [0.1, 0.15) is 24.7 Å². The minimum Gasteiger partial charge on any atom is -0.467 e. The quantitative estimate of drug-likeness (QED) is 0.774. The van der Waals surface area contributed by atoms with Gasteiger partial charge < -0.3 is 14.8 Å². The molecule has 1 saturated heterocycles.